The smallest absolute Gasteiger partial charge is 0.125 e. The highest BCUT2D eigenvalue weighted by Crippen LogP contribution is 2.44. The molecule has 0 radical (unpaired) electrons. The van der Waals surface area contributed by atoms with Gasteiger partial charge < -0.3 is 19.9 Å². The monoisotopic (exact) mass is 514 g/mol. The van der Waals surface area contributed by atoms with Gasteiger partial charge in [0, 0.05) is 44.3 Å². The first-order chi connectivity index (χ1) is 18.1. The minimum atomic E-state index is -0.878. The van der Waals surface area contributed by atoms with E-state index < -0.39 is 5.60 Å². The topological polar surface area (TPSA) is 54.0 Å². The lowest BCUT2D eigenvalue weighted by Gasteiger charge is -2.46. The number of ether oxygens (including phenoxy) is 2. The predicted octanol–water partition coefficient (Wildman–Crippen LogP) is 6.28. The molecule has 0 bridgehead atoms. The van der Waals surface area contributed by atoms with E-state index in [1.54, 1.807) is 7.11 Å². The summed E-state index contributed by atoms with van der Waals surface area (Å²) in [7, 11) is 3.86. The van der Waals surface area contributed by atoms with Gasteiger partial charge in [-0.05, 0) is 89.8 Å². The molecule has 2 unspecified atom stereocenters. The normalized spacial score (nSPS) is 24.7. The molecule has 2 N–H and O–H groups in total. The van der Waals surface area contributed by atoms with Crippen molar-refractivity contribution in [2.75, 3.05) is 40.4 Å². The van der Waals surface area contributed by atoms with E-state index in [-0.39, 0.29) is 12.0 Å². The number of hydrogen-bond acceptors (Lipinski definition) is 5. The molecule has 0 aromatic heterocycles. The molecule has 1 heterocycles. The summed E-state index contributed by atoms with van der Waals surface area (Å²) in [6.07, 6.45) is 18.3. The fourth-order valence-corrected chi connectivity index (χ4v) is 7.45. The number of piperidine rings is 1. The summed E-state index contributed by atoms with van der Waals surface area (Å²) in [4.78, 5) is 2.72. The lowest BCUT2D eigenvalue weighted by Crippen LogP contribution is -2.52. The Labute approximate surface area is 226 Å². The summed E-state index contributed by atoms with van der Waals surface area (Å²) in [5, 5.41) is 16.1. The highest BCUT2D eigenvalue weighted by atomic mass is 16.5. The molecule has 1 aromatic carbocycles. The van der Waals surface area contributed by atoms with Crippen LogP contribution in [0.25, 0.3) is 0 Å². The van der Waals surface area contributed by atoms with Gasteiger partial charge in [0.15, 0.2) is 0 Å². The van der Waals surface area contributed by atoms with Crippen molar-refractivity contribution in [3.8, 4) is 5.75 Å². The van der Waals surface area contributed by atoms with Crippen LogP contribution in [0.3, 0.4) is 0 Å². The number of para-hydroxylation sites is 1. The number of methoxy groups -OCH3 is 1. The molecular formula is C32H54N2O3. The molecule has 5 heteroatoms. The summed E-state index contributed by atoms with van der Waals surface area (Å²) in [5.41, 5.74) is 0.139. The third kappa shape index (κ3) is 7.94. The summed E-state index contributed by atoms with van der Waals surface area (Å²) >= 11 is 0. The highest BCUT2D eigenvalue weighted by Gasteiger charge is 2.43. The van der Waals surface area contributed by atoms with Crippen molar-refractivity contribution in [1.82, 2.24) is 10.2 Å². The molecule has 3 fully saturated rings. The molecule has 3 atom stereocenters. The van der Waals surface area contributed by atoms with E-state index in [4.69, 9.17) is 9.47 Å². The standard InChI is InChI=1S/C32H54N2O3/c1-33-24-28(23-26-13-4-3-5-14-26)34-21-12-15-27(25-34)32(35,20-10-11-22-36-2)30-18-8-9-19-31(30)37-29-16-6-7-17-29/h8-9,18-19,26-29,33,35H,3-7,10-17,20-25H2,1-2H3/t27-,28?,32?/m1/s1. The fourth-order valence-electron chi connectivity index (χ4n) is 7.45. The van der Waals surface area contributed by atoms with E-state index in [9.17, 15) is 5.11 Å². The zero-order valence-corrected chi connectivity index (χ0v) is 23.8. The first-order valence-electron chi connectivity index (χ1n) is 15.5. The van der Waals surface area contributed by atoms with Gasteiger partial charge in [0.05, 0.1) is 11.7 Å². The van der Waals surface area contributed by atoms with Crippen LogP contribution in [0, 0.1) is 11.8 Å². The van der Waals surface area contributed by atoms with Gasteiger partial charge in [0.2, 0.25) is 0 Å². The number of unbranched alkanes of at least 4 members (excludes halogenated alkanes) is 1. The van der Waals surface area contributed by atoms with E-state index in [0.29, 0.717) is 6.04 Å². The van der Waals surface area contributed by atoms with E-state index in [2.05, 4.69) is 41.5 Å². The molecule has 0 amide bonds. The number of hydrogen-bond donors (Lipinski definition) is 2. The Hall–Kier alpha value is -1.14. The Morgan fingerprint density at radius 2 is 1.76 bits per heavy atom. The van der Waals surface area contributed by atoms with Gasteiger partial charge in [0.1, 0.15) is 5.75 Å². The van der Waals surface area contributed by atoms with Gasteiger partial charge in [-0.15, -0.1) is 0 Å². The second kappa shape index (κ2) is 14.9. The van der Waals surface area contributed by atoms with Crippen LogP contribution in [-0.4, -0.2) is 62.6 Å². The summed E-state index contributed by atoms with van der Waals surface area (Å²) < 4.78 is 11.9. The second-order valence-corrected chi connectivity index (χ2v) is 12.2. The molecule has 2 aliphatic carbocycles. The van der Waals surface area contributed by atoms with Gasteiger partial charge in [0.25, 0.3) is 0 Å². The SMILES string of the molecule is CNCC(CC1CCCCC1)N1CCC[C@@H](C(O)(CCCCOC)c2ccccc2OC2CCCC2)C1. The van der Waals surface area contributed by atoms with E-state index in [0.717, 1.165) is 88.4 Å². The molecule has 1 aromatic rings. The van der Waals surface area contributed by atoms with Crippen LogP contribution in [0.15, 0.2) is 24.3 Å². The average Bonchev–Trinajstić information content (AvgIpc) is 3.45. The first kappa shape index (κ1) is 28.9. The van der Waals surface area contributed by atoms with Crippen LogP contribution in [0.4, 0.5) is 0 Å². The van der Waals surface area contributed by atoms with Gasteiger partial charge in [-0.2, -0.15) is 0 Å². The predicted molar refractivity (Wildman–Crippen MR) is 152 cm³/mol. The third-order valence-corrected chi connectivity index (χ3v) is 9.52. The molecule has 37 heavy (non-hydrogen) atoms. The molecule has 2 saturated carbocycles. The second-order valence-electron chi connectivity index (χ2n) is 12.2. The highest BCUT2D eigenvalue weighted by molar-refractivity contribution is 5.39. The van der Waals surface area contributed by atoms with Crippen molar-refractivity contribution < 1.29 is 14.6 Å². The van der Waals surface area contributed by atoms with Gasteiger partial charge in [-0.3, -0.25) is 4.90 Å². The lowest BCUT2D eigenvalue weighted by molar-refractivity contribution is -0.0708. The van der Waals surface area contributed by atoms with Crippen molar-refractivity contribution in [3.05, 3.63) is 29.8 Å². The van der Waals surface area contributed by atoms with Gasteiger partial charge in [-0.25, -0.2) is 0 Å². The van der Waals surface area contributed by atoms with Crippen LogP contribution < -0.4 is 10.1 Å². The Morgan fingerprint density at radius 1 is 1.00 bits per heavy atom. The quantitative estimate of drug-likeness (QED) is 0.286. The molecule has 210 valence electrons. The maximum Gasteiger partial charge on any atom is 0.125 e. The zero-order valence-electron chi connectivity index (χ0n) is 23.8. The third-order valence-electron chi connectivity index (χ3n) is 9.52. The number of nitrogens with zero attached hydrogens (tertiary/aromatic N) is 1. The minimum absolute atomic E-state index is 0.211. The van der Waals surface area contributed by atoms with Crippen LogP contribution in [0.2, 0.25) is 0 Å². The molecule has 1 aliphatic heterocycles. The number of nitrogens with one attached hydrogen (secondary N) is 1. The van der Waals surface area contributed by atoms with Gasteiger partial charge in [-0.1, -0.05) is 50.3 Å². The average molecular weight is 515 g/mol. The van der Waals surface area contributed by atoms with Crippen molar-refractivity contribution in [2.24, 2.45) is 11.8 Å². The Balaban J connectivity index is 1.54. The molecule has 3 aliphatic rings. The number of likely N-dealkylation sites (N-methyl/N-ethyl adjacent to an activating group) is 1. The van der Waals surface area contributed by atoms with Crippen molar-refractivity contribution >= 4 is 0 Å². The molecular weight excluding hydrogens is 460 g/mol. The molecule has 1 saturated heterocycles. The summed E-state index contributed by atoms with van der Waals surface area (Å²) in [6.45, 7) is 3.91. The Kier molecular flexibility index (Phi) is 11.6. The minimum Gasteiger partial charge on any atom is -0.490 e. The molecule has 0 spiro atoms. The molecule has 5 nitrogen and oxygen atoms in total. The van der Waals surface area contributed by atoms with Crippen LogP contribution in [0.5, 0.6) is 5.75 Å². The van der Waals surface area contributed by atoms with Crippen LogP contribution in [0.1, 0.15) is 102 Å². The number of likely N-dealkylation sites (tertiary alicyclic amines) is 1. The van der Waals surface area contributed by atoms with Crippen LogP contribution >= 0.6 is 0 Å². The van der Waals surface area contributed by atoms with Crippen LogP contribution in [-0.2, 0) is 10.3 Å². The summed E-state index contributed by atoms with van der Waals surface area (Å²) in [6, 6.07) is 8.95. The maximum absolute atomic E-state index is 12.6. The zero-order chi connectivity index (χ0) is 25.9. The van der Waals surface area contributed by atoms with Crippen molar-refractivity contribution in [1.29, 1.82) is 0 Å². The Morgan fingerprint density at radius 3 is 2.51 bits per heavy atom. The number of aliphatic hydroxyl groups is 1. The Bertz CT molecular complexity index is 777. The number of rotatable bonds is 14. The van der Waals surface area contributed by atoms with E-state index in [1.165, 1.54) is 51.4 Å². The van der Waals surface area contributed by atoms with Gasteiger partial charge >= 0.3 is 0 Å². The lowest BCUT2D eigenvalue weighted by atomic mass is 9.73. The molecule has 4 rings (SSSR count). The first-order valence-corrected chi connectivity index (χ1v) is 15.5. The van der Waals surface area contributed by atoms with Crippen molar-refractivity contribution in [2.45, 2.75) is 114 Å². The van der Waals surface area contributed by atoms with E-state index >= 15 is 0 Å². The van der Waals surface area contributed by atoms with E-state index in [1.807, 2.05) is 0 Å². The summed E-state index contributed by atoms with van der Waals surface area (Å²) in [5.74, 6) is 1.98. The maximum atomic E-state index is 12.6. The number of benzene rings is 1. The van der Waals surface area contributed by atoms with Crippen molar-refractivity contribution in [3.63, 3.8) is 0 Å². The largest absolute Gasteiger partial charge is 0.490 e. The fraction of sp³-hybridized carbons (Fsp3) is 0.812.